The van der Waals surface area contributed by atoms with Gasteiger partial charge in [0.25, 0.3) is 0 Å². The number of fused-ring (bicyclic) bond motifs is 1. The molecule has 2 aromatic rings. The summed E-state index contributed by atoms with van der Waals surface area (Å²) in [5.41, 5.74) is 0.932. The smallest absolute Gasteiger partial charge is 0.140 e. The van der Waals surface area contributed by atoms with Gasteiger partial charge in [-0.1, -0.05) is 12.1 Å². The Hall–Kier alpha value is -0.970. The summed E-state index contributed by atoms with van der Waals surface area (Å²) in [6.45, 7) is 0.323. The van der Waals surface area contributed by atoms with Crippen molar-refractivity contribution in [1.82, 2.24) is 0 Å². The number of nitrogens with two attached hydrogens (primary N) is 1. The molecule has 0 saturated carbocycles. The molecule has 0 radical (unpaired) electrons. The molecule has 0 saturated heterocycles. The van der Waals surface area contributed by atoms with Gasteiger partial charge in [0.15, 0.2) is 0 Å². The van der Waals surface area contributed by atoms with Gasteiger partial charge in [0.05, 0.1) is 11.3 Å². The van der Waals surface area contributed by atoms with Crippen LogP contribution >= 0.6 is 11.3 Å². The number of rotatable bonds is 2. The Kier molecular flexibility index (Phi) is 2.26. The van der Waals surface area contributed by atoms with Gasteiger partial charge in [-0.15, -0.1) is 11.3 Å². The molecule has 0 spiro atoms. The molecule has 2 N–H and O–H groups in total. The summed E-state index contributed by atoms with van der Waals surface area (Å²) < 4.78 is 13.8. The fourth-order valence-corrected chi connectivity index (χ4v) is 2.24. The van der Waals surface area contributed by atoms with Gasteiger partial charge < -0.3 is 0 Å². The maximum Gasteiger partial charge on any atom is 0.140 e. The van der Waals surface area contributed by atoms with E-state index in [4.69, 9.17) is 5.90 Å². The normalized spacial score (nSPS) is 10.9. The Morgan fingerprint density at radius 1 is 1.46 bits per heavy atom. The summed E-state index contributed by atoms with van der Waals surface area (Å²) >= 11 is 1.37. The SMILES string of the molecule is NOCc1csc2c(F)cccc12. The molecule has 0 bridgehead atoms. The van der Waals surface area contributed by atoms with E-state index >= 15 is 0 Å². The van der Waals surface area contributed by atoms with Gasteiger partial charge >= 0.3 is 0 Å². The molecule has 0 aliphatic carbocycles. The molecule has 0 atom stereocenters. The van der Waals surface area contributed by atoms with Crippen molar-refractivity contribution in [3.63, 3.8) is 0 Å². The molecule has 68 valence electrons. The van der Waals surface area contributed by atoms with Crippen LogP contribution in [0, 0.1) is 5.82 Å². The van der Waals surface area contributed by atoms with Crippen LogP contribution in [0.2, 0.25) is 0 Å². The van der Waals surface area contributed by atoms with E-state index in [-0.39, 0.29) is 5.82 Å². The van der Waals surface area contributed by atoms with E-state index in [9.17, 15) is 4.39 Å². The lowest BCUT2D eigenvalue weighted by atomic mass is 10.2. The molecule has 0 aliphatic heterocycles. The van der Waals surface area contributed by atoms with E-state index in [1.807, 2.05) is 11.4 Å². The second-order valence-electron chi connectivity index (χ2n) is 2.69. The van der Waals surface area contributed by atoms with Crippen LogP contribution < -0.4 is 5.90 Å². The van der Waals surface area contributed by atoms with Crippen molar-refractivity contribution in [2.24, 2.45) is 5.90 Å². The van der Waals surface area contributed by atoms with E-state index in [0.717, 1.165) is 10.9 Å². The van der Waals surface area contributed by atoms with E-state index in [1.165, 1.54) is 17.4 Å². The van der Waals surface area contributed by atoms with Crippen molar-refractivity contribution in [2.75, 3.05) is 0 Å². The van der Waals surface area contributed by atoms with Crippen LogP contribution in [0.3, 0.4) is 0 Å². The number of halogens is 1. The molecular weight excluding hydrogens is 189 g/mol. The lowest BCUT2D eigenvalue weighted by molar-refractivity contribution is 0.125. The summed E-state index contributed by atoms with van der Waals surface area (Å²) in [5.74, 6) is 4.77. The third-order valence-corrected chi connectivity index (χ3v) is 2.92. The van der Waals surface area contributed by atoms with Crippen LogP contribution in [0.25, 0.3) is 10.1 Å². The first-order valence-electron chi connectivity index (χ1n) is 3.79. The second-order valence-corrected chi connectivity index (χ2v) is 3.57. The monoisotopic (exact) mass is 197 g/mol. The zero-order chi connectivity index (χ0) is 9.26. The van der Waals surface area contributed by atoms with Gasteiger partial charge in [0.2, 0.25) is 0 Å². The lowest BCUT2D eigenvalue weighted by Gasteiger charge is -1.96. The third kappa shape index (κ3) is 1.44. The van der Waals surface area contributed by atoms with Crippen molar-refractivity contribution < 1.29 is 9.23 Å². The van der Waals surface area contributed by atoms with E-state index in [0.29, 0.717) is 11.3 Å². The molecule has 2 nitrogen and oxygen atoms in total. The average molecular weight is 197 g/mol. The number of benzene rings is 1. The van der Waals surface area contributed by atoms with Crippen LogP contribution in [0.1, 0.15) is 5.56 Å². The van der Waals surface area contributed by atoms with Crippen LogP contribution in [0.5, 0.6) is 0 Å². The van der Waals surface area contributed by atoms with Gasteiger partial charge in [-0.25, -0.2) is 10.3 Å². The first kappa shape index (κ1) is 8.62. The average Bonchev–Trinajstić information content (AvgIpc) is 2.51. The van der Waals surface area contributed by atoms with Gasteiger partial charge in [0, 0.05) is 5.39 Å². The molecule has 1 heterocycles. The van der Waals surface area contributed by atoms with Gasteiger partial charge in [-0.2, -0.15) is 0 Å². The molecule has 0 unspecified atom stereocenters. The van der Waals surface area contributed by atoms with Gasteiger partial charge in [-0.05, 0) is 17.0 Å². The summed E-state index contributed by atoms with van der Waals surface area (Å²) in [6.07, 6.45) is 0. The standard InChI is InChI=1S/C9H8FNOS/c10-8-3-1-2-7-6(4-12-11)5-13-9(7)8/h1-3,5H,4,11H2. The topological polar surface area (TPSA) is 35.2 Å². The maximum absolute atomic E-state index is 13.2. The minimum absolute atomic E-state index is 0.189. The number of thiophene rings is 1. The van der Waals surface area contributed by atoms with Crippen molar-refractivity contribution in [3.05, 3.63) is 35.0 Å². The minimum atomic E-state index is -0.189. The van der Waals surface area contributed by atoms with E-state index < -0.39 is 0 Å². The van der Waals surface area contributed by atoms with Crippen molar-refractivity contribution >= 4 is 21.4 Å². The molecule has 0 amide bonds. The molecule has 2 rings (SSSR count). The fraction of sp³-hybridized carbons (Fsp3) is 0.111. The van der Waals surface area contributed by atoms with Crippen molar-refractivity contribution in [1.29, 1.82) is 0 Å². The van der Waals surface area contributed by atoms with Crippen LogP contribution in [0.15, 0.2) is 23.6 Å². The minimum Gasteiger partial charge on any atom is -0.300 e. The Morgan fingerprint density at radius 2 is 2.31 bits per heavy atom. The lowest BCUT2D eigenvalue weighted by Crippen LogP contribution is -1.97. The molecule has 1 aromatic heterocycles. The summed E-state index contributed by atoms with van der Waals surface area (Å²) in [6, 6.07) is 5.00. The van der Waals surface area contributed by atoms with Crippen LogP contribution in [-0.4, -0.2) is 0 Å². The first-order valence-corrected chi connectivity index (χ1v) is 4.67. The number of hydrogen-bond acceptors (Lipinski definition) is 3. The van der Waals surface area contributed by atoms with Gasteiger partial charge in [0.1, 0.15) is 5.82 Å². The summed E-state index contributed by atoms with van der Waals surface area (Å²) in [7, 11) is 0. The Labute approximate surface area is 78.7 Å². The van der Waals surface area contributed by atoms with Crippen LogP contribution in [0.4, 0.5) is 4.39 Å². The number of hydrogen-bond donors (Lipinski definition) is 1. The second kappa shape index (κ2) is 3.41. The van der Waals surface area contributed by atoms with Crippen molar-refractivity contribution in [2.45, 2.75) is 6.61 Å². The highest BCUT2D eigenvalue weighted by Gasteiger charge is 2.06. The highest BCUT2D eigenvalue weighted by Crippen LogP contribution is 2.28. The quantitative estimate of drug-likeness (QED) is 0.750. The Bertz CT molecular complexity index is 426. The molecule has 4 heteroatoms. The maximum atomic E-state index is 13.2. The molecule has 0 aliphatic rings. The Morgan fingerprint density at radius 3 is 3.08 bits per heavy atom. The first-order chi connectivity index (χ1) is 6.33. The van der Waals surface area contributed by atoms with Gasteiger partial charge in [-0.3, -0.25) is 4.84 Å². The Balaban J connectivity index is 2.61. The van der Waals surface area contributed by atoms with E-state index in [1.54, 1.807) is 6.07 Å². The zero-order valence-corrected chi connectivity index (χ0v) is 7.60. The highest BCUT2D eigenvalue weighted by molar-refractivity contribution is 7.17. The largest absolute Gasteiger partial charge is 0.300 e. The van der Waals surface area contributed by atoms with E-state index in [2.05, 4.69) is 4.84 Å². The molecule has 1 aromatic carbocycles. The fourth-order valence-electron chi connectivity index (χ4n) is 1.28. The summed E-state index contributed by atoms with van der Waals surface area (Å²) in [4.78, 5) is 4.52. The molecular formula is C9H8FNOS. The predicted octanol–water partition coefficient (Wildman–Crippen LogP) is 2.43. The third-order valence-electron chi connectivity index (χ3n) is 1.87. The summed E-state index contributed by atoms with van der Waals surface area (Å²) in [5, 5.41) is 2.75. The van der Waals surface area contributed by atoms with Crippen LogP contribution in [-0.2, 0) is 11.4 Å². The predicted molar refractivity (Wildman–Crippen MR) is 50.8 cm³/mol. The highest BCUT2D eigenvalue weighted by atomic mass is 32.1. The molecule has 0 fully saturated rings. The molecule has 13 heavy (non-hydrogen) atoms. The zero-order valence-electron chi connectivity index (χ0n) is 6.79. The van der Waals surface area contributed by atoms with Crippen molar-refractivity contribution in [3.8, 4) is 0 Å².